The number of benzene rings is 4. The van der Waals surface area contributed by atoms with Gasteiger partial charge in [-0.1, -0.05) is 36.5 Å². The number of carbonyl (C=O) groups excluding carboxylic acids is 4. The number of amides is 3. The monoisotopic (exact) mass is 831 g/mol. The van der Waals surface area contributed by atoms with Gasteiger partial charge in [0, 0.05) is 69.9 Å². The van der Waals surface area contributed by atoms with Gasteiger partial charge in [0.25, 0.3) is 17.7 Å². The molecule has 0 radical (unpaired) electrons. The van der Waals surface area contributed by atoms with Crippen molar-refractivity contribution in [2.45, 2.75) is 57.5 Å². The Hall–Kier alpha value is -7.52. The predicted octanol–water partition coefficient (Wildman–Crippen LogP) is 6.69. The topological polar surface area (TPSA) is 263 Å². The number of aromatic nitrogens is 1. The van der Waals surface area contributed by atoms with Crippen LogP contribution in [0.1, 0.15) is 75.7 Å². The Morgan fingerprint density at radius 2 is 1.61 bits per heavy atom. The number of nitrogens with one attached hydrogen (secondary N) is 5. The van der Waals surface area contributed by atoms with Crippen molar-refractivity contribution >= 4 is 57.9 Å². The van der Waals surface area contributed by atoms with Crippen molar-refractivity contribution in [3.63, 3.8) is 0 Å². The van der Waals surface area contributed by atoms with Gasteiger partial charge in [-0.2, -0.15) is 0 Å². The van der Waals surface area contributed by atoms with Gasteiger partial charge >= 0.3 is 5.97 Å². The molecule has 4 aromatic carbocycles. The fourth-order valence-electron chi connectivity index (χ4n) is 6.60. The zero-order chi connectivity index (χ0) is 43.6. The molecule has 8 N–H and O–H groups in total. The summed E-state index contributed by atoms with van der Waals surface area (Å²) in [5.41, 5.74) is 19.2. The number of hydrogen-bond acceptors (Lipinski definition) is 10. The molecule has 1 saturated carbocycles. The zero-order valence-electron chi connectivity index (χ0n) is 33.7. The minimum Gasteiger partial charge on any atom is -0.494 e. The van der Waals surface area contributed by atoms with E-state index >= 15 is 0 Å². The van der Waals surface area contributed by atoms with Crippen LogP contribution in [0, 0.1) is 0 Å². The summed E-state index contributed by atoms with van der Waals surface area (Å²) in [6.07, 6.45) is 8.53. The largest absolute Gasteiger partial charge is 0.494 e. The van der Waals surface area contributed by atoms with Crippen molar-refractivity contribution in [3.8, 4) is 11.5 Å². The summed E-state index contributed by atoms with van der Waals surface area (Å²) in [5, 5.41) is 25.5. The third-order valence-electron chi connectivity index (χ3n) is 9.76. The molecule has 0 aliphatic heterocycles. The van der Waals surface area contributed by atoms with Gasteiger partial charge in [0.15, 0.2) is 6.61 Å². The van der Waals surface area contributed by atoms with E-state index in [2.05, 4.69) is 36.3 Å². The average Bonchev–Trinajstić information content (AvgIpc) is 3.67. The van der Waals surface area contributed by atoms with Gasteiger partial charge < -0.3 is 46.6 Å². The van der Waals surface area contributed by atoms with E-state index in [4.69, 9.17) is 20.7 Å². The predicted molar refractivity (Wildman–Crippen MR) is 231 cm³/mol. The number of aromatic amines is 1. The van der Waals surface area contributed by atoms with E-state index in [0.29, 0.717) is 52.2 Å². The normalized spacial score (nSPS) is 12.7. The summed E-state index contributed by atoms with van der Waals surface area (Å²) in [7, 11) is 0. The number of H-pyrrole nitrogens is 1. The first-order valence-corrected chi connectivity index (χ1v) is 19.9. The maximum absolute atomic E-state index is 12.9. The van der Waals surface area contributed by atoms with E-state index in [1.54, 1.807) is 60.8 Å². The smallest absolute Gasteiger partial charge is 0.326 e. The number of nitrogen functional groups attached to an aromatic ring is 1. The van der Waals surface area contributed by atoms with Gasteiger partial charge in [0.2, 0.25) is 0 Å². The highest BCUT2D eigenvalue weighted by Crippen LogP contribution is 2.27. The molecule has 0 saturated heterocycles. The number of nitrogens with zero attached hydrogens (tertiary/aromatic N) is 3. The van der Waals surface area contributed by atoms with E-state index in [0.717, 1.165) is 41.3 Å². The van der Waals surface area contributed by atoms with Crippen LogP contribution in [0.2, 0.25) is 0 Å². The van der Waals surface area contributed by atoms with E-state index in [9.17, 15) is 29.1 Å². The molecule has 17 nitrogen and oxygen atoms in total. The fourth-order valence-corrected chi connectivity index (χ4v) is 6.60. The number of rotatable bonds is 18. The fraction of sp³-hybridized carbons (Fsp3) is 0.295. The van der Waals surface area contributed by atoms with Crippen molar-refractivity contribution < 1.29 is 38.6 Å². The quantitative estimate of drug-likeness (QED) is 0.0123. The highest BCUT2D eigenvalue weighted by molar-refractivity contribution is 5.98. The van der Waals surface area contributed by atoms with Gasteiger partial charge in [-0.05, 0) is 104 Å². The summed E-state index contributed by atoms with van der Waals surface area (Å²) in [4.78, 5) is 64.8. The first-order valence-electron chi connectivity index (χ1n) is 19.9. The molecule has 1 aliphatic carbocycles. The van der Waals surface area contributed by atoms with E-state index in [-0.39, 0.29) is 37.9 Å². The van der Waals surface area contributed by atoms with E-state index < -0.39 is 17.9 Å². The first kappa shape index (κ1) is 44.6. The molecule has 0 spiro atoms. The number of ether oxygens (including phenoxy) is 2. The van der Waals surface area contributed by atoms with Crippen LogP contribution in [-0.2, 0) is 16.0 Å². The first-order chi connectivity index (χ1) is 29.6. The molecule has 3 amide bonds. The van der Waals surface area contributed by atoms with Gasteiger partial charge in [-0.15, -0.1) is 0 Å². The summed E-state index contributed by atoms with van der Waals surface area (Å²) < 4.78 is 10.9. The highest BCUT2D eigenvalue weighted by atomic mass is 16.5. The van der Waals surface area contributed by atoms with E-state index in [1.807, 2.05) is 25.1 Å². The molecule has 5 aromatic rings. The molecule has 0 unspecified atom stereocenters. The Balaban J connectivity index is 0.000000238. The van der Waals surface area contributed by atoms with Gasteiger partial charge in [0.1, 0.15) is 23.8 Å². The van der Waals surface area contributed by atoms with Crippen LogP contribution < -0.4 is 36.5 Å². The van der Waals surface area contributed by atoms with Crippen LogP contribution >= 0.6 is 0 Å². The lowest BCUT2D eigenvalue weighted by atomic mass is 9.95. The molecule has 1 fully saturated rings. The Labute approximate surface area is 352 Å². The van der Waals surface area contributed by atoms with Crippen molar-refractivity contribution in [1.82, 2.24) is 20.9 Å². The number of carbonyl (C=O) groups is 5. The summed E-state index contributed by atoms with van der Waals surface area (Å²) in [6.45, 7) is 2.77. The van der Waals surface area contributed by atoms with Crippen LogP contribution in [0.4, 0.5) is 17.1 Å². The molecule has 61 heavy (non-hydrogen) atoms. The number of nitrogens with two attached hydrogens (primary N) is 1. The Kier molecular flexibility index (Phi) is 16.5. The second-order valence-corrected chi connectivity index (χ2v) is 14.1. The second kappa shape index (κ2) is 22.6. The summed E-state index contributed by atoms with van der Waals surface area (Å²) in [5.74, 6) is -1.02. The number of azide groups is 1. The minimum absolute atomic E-state index is 0.132. The molecule has 1 heterocycles. The number of fused-ring (bicyclic) bond motifs is 1. The molecule has 1 atom stereocenters. The molecule has 1 aromatic heterocycles. The summed E-state index contributed by atoms with van der Waals surface area (Å²) in [6, 6.07) is 22.6. The second-order valence-electron chi connectivity index (χ2n) is 14.1. The van der Waals surface area contributed by atoms with Crippen LogP contribution in [0.25, 0.3) is 21.3 Å². The lowest BCUT2D eigenvalue weighted by molar-refractivity contribution is -0.139. The molecular weight excluding hydrogens is 783 g/mol. The van der Waals surface area contributed by atoms with Gasteiger partial charge in [0.05, 0.1) is 18.0 Å². The SMILES string of the molecule is CCOc1ccc2[nH]cc(C[C@H](NC(=O)c3ccc(NC4CCCCC4)c(N)c3)C(=O)O)c2c1.[N-]=[N+]=Nc1ccc(C(=O)NCCNC(=O)COc2ccc(C=O)cc2)cc1. The Morgan fingerprint density at radius 3 is 2.28 bits per heavy atom. The standard InChI is InChI=1S/C26H32N4O4.C18H17N5O4/c1-2-34-19-9-11-22-20(14-19)17(15-28-22)13-24(26(32)33)30-25(31)16-8-10-23(21(27)12-16)29-18-6-4-3-5-7-18;19-23-22-15-5-3-14(4-6-15)18(26)21-10-9-20-17(25)12-27-16-7-1-13(11-24)2-8-16/h8-12,14-15,18,24,28-29H,2-7,13,27H2,1H3,(H,30,31)(H,32,33);1-8,11H,9-10,12H2,(H,20,25)(H,21,26)/t24-;/m0./s1. The summed E-state index contributed by atoms with van der Waals surface area (Å²) >= 11 is 0. The average molecular weight is 832 g/mol. The van der Waals surface area contributed by atoms with Crippen molar-refractivity contribution in [2.24, 2.45) is 5.11 Å². The minimum atomic E-state index is -1.10. The number of aliphatic carboxylic acids is 1. The number of carboxylic acid groups (broad SMARTS) is 1. The van der Waals surface area contributed by atoms with Crippen molar-refractivity contribution in [2.75, 3.05) is 37.4 Å². The lowest BCUT2D eigenvalue weighted by Crippen LogP contribution is -2.42. The highest BCUT2D eigenvalue weighted by Gasteiger charge is 2.23. The molecule has 1 aliphatic rings. The van der Waals surface area contributed by atoms with Crippen LogP contribution in [0.5, 0.6) is 11.5 Å². The number of hydrogen-bond donors (Lipinski definition) is 7. The molecule has 6 rings (SSSR count). The number of anilines is 2. The molecule has 0 bridgehead atoms. The Morgan fingerprint density at radius 1 is 0.902 bits per heavy atom. The molecule has 318 valence electrons. The van der Waals surface area contributed by atoms with Crippen LogP contribution in [-0.4, -0.2) is 78.5 Å². The van der Waals surface area contributed by atoms with Crippen molar-refractivity contribution in [1.29, 1.82) is 0 Å². The van der Waals surface area contributed by atoms with Crippen LogP contribution in [0.15, 0.2) is 96.2 Å². The van der Waals surface area contributed by atoms with E-state index in [1.165, 1.54) is 31.4 Å². The third-order valence-corrected chi connectivity index (χ3v) is 9.76. The van der Waals surface area contributed by atoms with Crippen LogP contribution in [0.3, 0.4) is 0 Å². The molecular formula is C44H49N9O8. The maximum atomic E-state index is 12.9. The number of aldehydes is 1. The zero-order valence-corrected chi connectivity index (χ0v) is 33.7. The maximum Gasteiger partial charge on any atom is 0.326 e. The Bertz CT molecular complexity index is 2340. The number of carboxylic acids is 1. The molecule has 17 heteroatoms. The third kappa shape index (κ3) is 13.5. The van der Waals surface area contributed by atoms with Gasteiger partial charge in [-0.25, -0.2) is 4.79 Å². The lowest BCUT2D eigenvalue weighted by Gasteiger charge is -2.24. The van der Waals surface area contributed by atoms with Gasteiger partial charge in [-0.3, -0.25) is 19.2 Å². The van der Waals surface area contributed by atoms with Crippen molar-refractivity contribution in [3.05, 3.63) is 124 Å².